The maximum absolute atomic E-state index is 13.1. The number of benzene rings is 1. The van der Waals surface area contributed by atoms with Crippen LogP contribution >= 0.6 is 0 Å². The molecule has 3 aromatic rings. The van der Waals surface area contributed by atoms with Gasteiger partial charge in [-0.1, -0.05) is 6.07 Å². The lowest BCUT2D eigenvalue weighted by Gasteiger charge is -2.32. The van der Waals surface area contributed by atoms with Gasteiger partial charge in [0.05, 0.1) is 0 Å². The van der Waals surface area contributed by atoms with Gasteiger partial charge >= 0.3 is 0 Å². The molecule has 2 fully saturated rings. The van der Waals surface area contributed by atoms with E-state index in [4.69, 9.17) is 0 Å². The van der Waals surface area contributed by atoms with Crippen LogP contribution in [0, 0.1) is 0 Å². The fourth-order valence-electron chi connectivity index (χ4n) is 4.40. The SMILES string of the molecule is O=C(c1ccc(N2CCCC2=O)cc1)N1CCC[C@H](c2nnc3ccccn23)C1. The highest BCUT2D eigenvalue weighted by atomic mass is 16.2. The Bertz CT molecular complexity index is 1060. The molecule has 0 radical (unpaired) electrons. The first-order valence-corrected chi connectivity index (χ1v) is 10.2. The molecule has 2 saturated heterocycles. The topological polar surface area (TPSA) is 70.8 Å². The molecule has 29 heavy (non-hydrogen) atoms. The fraction of sp³-hybridized carbons (Fsp3) is 0.364. The average molecular weight is 389 g/mol. The number of carbonyl (C=O) groups excluding carboxylic acids is 2. The molecule has 2 aromatic heterocycles. The zero-order valence-corrected chi connectivity index (χ0v) is 16.2. The van der Waals surface area contributed by atoms with E-state index in [0.717, 1.165) is 49.5 Å². The Morgan fingerprint density at radius 3 is 2.66 bits per heavy atom. The maximum Gasteiger partial charge on any atom is 0.253 e. The van der Waals surface area contributed by atoms with Gasteiger partial charge in [-0.25, -0.2) is 0 Å². The molecule has 0 saturated carbocycles. The minimum Gasteiger partial charge on any atom is -0.338 e. The van der Waals surface area contributed by atoms with Gasteiger partial charge < -0.3 is 9.80 Å². The van der Waals surface area contributed by atoms with Crippen molar-refractivity contribution in [3.63, 3.8) is 0 Å². The zero-order chi connectivity index (χ0) is 19.8. The monoisotopic (exact) mass is 389 g/mol. The van der Waals surface area contributed by atoms with E-state index in [1.54, 1.807) is 4.90 Å². The molecule has 0 spiro atoms. The number of rotatable bonds is 3. The van der Waals surface area contributed by atoms with Crippen molar-refractivity contribution in [2.24, 2.45) is 0 Å². The van der Waals surface area contributed by atoms with Gasteiger partial charge in [0.15, 0.2) is 5.65 Å². The summed E-state index contributed by atoms with van der Waals surface area (Å²) in [7, 11) is 0. The third kappa shape index (κ3) is 3.26. The van der Waals surface area contributed by atoms with Crippen LogP contribution in [-0.4, -0.2) is 50.9 Å². The second-order valence-electron chi connectivity index (χ2n) is 7.77. The molecule has 1 atom stereocenters. The number of aromatic nitrogens is 3. The highest BCUT2D eigenvalue weighted by Gasteiger charge is 2.29. The van der Waals surface area contributed by atoms with E-state index in [9.17, 15) is 9.59 Å². The molecule has 7 nitrogen and oxygen atoms in total. The summed E-state index contributed by atoms with van der Waals surface area (Å²) in [5, 5.41) is 8.64. The summed E-state index contributed by atoms with van der Waals surface area (Å²) in [5.41, 5.74) is 2.36. The third-order valence-electron chi connectivity index (χ3n) is 5.91. The lowest BCUT2D eigenvalue weighted by atomic mass is 9.96. The van der Waals surface area contributed by atoms with Crippen LogP contribution in [0.1, 0.15) is 47.8 Å². The van der Waals surface area contributed by atoms with Gasteiger partial charge in [0.25, 0.3) is 5.91 Å². The smallest absolute Gasteiger partial charge is 0.253 e. The Morgan fingerprint density at radius 2 is 1.86 bits per heavy atom. The first-order valence-electron chi connectivity index (χ1n) is 10.2. The quantitative estimate of drug-likeness (QED) is 0.691. The first kappa shape index (κ1) is 17.8. The Labute approximate surface area is 168 Å². The van der Waals surface area contributed by atoms with Crippen molar-refractivity contribution >= 4 is 23.1 Å². The minimum absolute atomic E-state index is 0.0304. The summed E-state index contributed by atoms with van der Waals surface area (Å²) in [4.78, 5) is 28.7. The zero-order valence-electron chi connectivity index (χ0n) is 16.2. The standard InChI is InChI=1S/C22H23N5O2/c28-20-7-4-14-26(20)18-10-8-16(9-11-18)22(29)25-12-3-5-17(15-25)21-24-23-19-6-1-2-13-27(19)21/h1-2,6,8-11,13,17H,3-5,7,12,14-15H2/t17-/m0/s1. The largest absolute Gasteiger partial charge is 0.338 e. The summed E-state index contributed by atoms with van der Waals surface area (Å²) < 4.78 is 2.01. The predicted octanol–water partition coefficient (Wildman–Crippen LogP) is 2.88. The van der Waals surface area contributed by atoms with Crippen molar-refractivity contribution in [1.29, 1.82) is 0 Å². The van der Waals surface area contributed by atoms with Gasteiger partial charge in [-0.15, -0.1) is 10.2 Å². The highest BCUT2D eigenvalue weighted by molar-refractivity contribution is 5.97. The van der Waals surface area contributed by atoms with E-state index < -0.39 is 0 Å². The van der Waals surface area contributed by atoms with Crippen molar-refractivity contribution in [2.75, 3.05) is 24.5 Å². The van der Waals surface area contributed by atoms with E-state index in [2.05, 4.69) is 10.2 Å². The number of nitrogens with zero attached hydrogens (tertiary/aromatic N) is 5. The van der Waals surface area contributed by atoms with E-state index in [0.29, 0.717) is 18.5 Å². The average Bonchev–Trinajstić information content (AvgIpc) is 3.40. The first-order chi connectivity index (χ1) is 14.2. The Morgan fingerprint density at radius 1 is 1.00 bits per heavy atom. The number of likely N-dealkylation sites (tertiary alicyclic amines) is 1. The molecule has 0 N–H and O–H groups in total. The number of piperidine rings is 1. The molecule has 1 aromatic carbocycles. The molecule has 7 heteroatoms. The number of pyridine rings is 1. The van der Waals surface area contributed by atoms with Crippen LogP contribution in [-0.2, 0) is 4.79 Å². The van der Waals surface area contributed by atoms with Crippen LogP contribution in [0.2, 0.25) is 0 Å². The number of fused-ring (bicyclic) bond motifs is 1. The molecule has 148 valence electrons. The molecular weight excluding hydrogens is 366 g/mol. The van der Waals surface area contributed by atoms with Crippen molar-refractivity contribution in [3.05, 3.63) is 60.0 Å². The van der Waals surface area contributed by atoms with Crippen LogP contribution in [0.3, 0.4) is 0 Å². The summed E-state index contributed by atoms with van der Waals surface area (Å²) in [5.74, 6) is 1.28. The lowest BCUT2D eigenvalue weighted by Crippen LogP contribution is -2.39. The van der Waals surface area contributed by atoms with Crippen molar-refractivity contribution in [2.45, 2.75) is 31.6 Å². The maximum atomic E-state index is 13.1. The summed E-state index contributed by atoms with van der Waals surface area (Å²) >= 11 is 0. The Hall–Kier alpha value is -3.22. The molecule has 2 amide bonds. The number of hydrogen-bond acceptors (Lipinski definition) is 4. The highest BCUT2D eigenvalue weighted by Crippen LogP contribution is 2.28. The van der Waals surface area contributed by atoms with Crippen LogP contribution in [0.4, 0.5) is 5.69 Å². The molecule has 2 aliphatic heterocycles. The minimum atomic E-state index is 0.0304. The number of carbonyl (C=O) groups is 2. The Balaban J connectivity index is 1.32. The molecule has 0 bridgehead atoms. The molecule has 2 aliphatic rings. The number of anilines is 1. The molecule has 0 aliphatic carbocycles. The van der Waals surface area contributed by atoms with Gasteiger partial charge in [-0.3, -0.25) is 14.0 Å². The van der Waals surface area contributed by atoms with Crippen molar-refractivity contribution in [3.8, 4) is 0 Å². The van der Waals surface area contributed by atoms with E-state index in [-0.39, 0.29) is 17.7 Å². The van der Waals surface area contributed by atoms with E-state index in [1.165, 1.54) is 0 Å². The summed E-state index contributed by atoms with van der Waals surface area (Å²) in [6.07, 6.45) is 5.41. The Kier molecular flexibility index (Phi) is 4.50. The van der Waals surface area contributed by atoms with Gasteiger partial charge in [0.1, 0.15) is 5.82 Å². The second kappa shape index (κ2) is 7.31. The second-order valence-corrected chi connectivity index (χ2v) is 7.77. The molecule has 4 heterocycles. The lowest BCUT2D eigenvalue weighted by molar-refractivity contribution is -0.117. The van der Waals surface area contributed by atoms with Crippen LogP contribution < -0.4 is 4.90 Å². The number of amides is 2. The van der Waals surface area contributed by atoms with Gasteiger partial charge in [0.2, 0.25) is 5.91 Å². The van der Waals surface area contributed by atoms with Gasteiger partial charge in [-0.2, -0.15) is 0 Å². The van der Waals surface area contributed by atoms with Crippen LogP contribution in [0.15, 0.2) is 48.7 Å². The summed E-state index contributed by atoms with van der Waals surface area (Å²) in [6, 6.07) is 13.3. The van der Waals surface area contributed by atoms with Crippen molar-refractivity contribution < 1.29 is 9.59 Å². The van der Waals surface area contributed by atoms with E-state index >= 15 is 0 Å². The van der Waals surface area contributed by atoms with Gasteiger partial charge in [0, 0.05) is 49.4 Å². The predicted molar refractivity (Wildman–Crippen MR) is 109 cm³/mol. The normalized spacial score (nSPS) is 19.9. The van der Waals surface area contributed by atoms with Crippen LogP contribution in [0.25, 0.3) is 5.65 Å². The summed E-state index contributed by atoms with van der Waals surface area (Å²) in [6.45, 7) is 2.14. The molecular formula is C22H23N5O2. The van der Waals surface area contributed by atoms with Crippen LogP contribution in [0.5, 0.6) is 0 Å². The van der Waals surface area contributed by atoms with Crippen molar-refractivity contribution in [1.82, 2.24) is 19.5 Å². The molecule has 5 rings (SSSR count). The molecule has 0 unspecified atom stereocenters. The third-order valence-corrected chi connectivity index (χ3v) is 5.91. The fourth-order valence-corrected chi connectivity index (χ4v) is 4.40. The van der Waals surface area contributed by atoms with Gasteiger partial charge in [-0.05, 0) is 55.7 Å². The van der Waals surface area contributed by atoms with E-state index in [1.807, 2.05) is 58.0 Å². The number of hydrogen-bond donors (Lipinski definition) is 0.